The lowest BCUT2D eigenvalue weighted by Gasteiger charge is -2.00. The van der Waals surface area contributed by atoms with E-state index in [1.165, 1.54) is 5.56 Å². The third kappa shape index (κ3) is 9.99. The molecule has 24 heavy (non-hydrogen) atoms. The monoisotopic (exact) mass is 440 g/mol. The summed E-state index contributed by atoms with van der Waals surface area (Å²) >= 11 is 2.01. The van der Waals surface area contributed by atoms with Gasteiger partial charge in [-0.1, -0.05) is 60.7 Å². The second-order valence-corrected chi connectivity index (χ2v) is 5.61. The normalized spacial score (nSPS) is 9.54. The van der Waals surface area contributed by atoms with Gasteiger partial charge in [-0.05, 0) is 46.6 Å². The molecule has 1 N–H and O–H groups in total. The fraction of sp³-hybridized carbons (Fsp3) is 0.263. The number of hydrogen-bond donors (Lipinski definition) is 1. The number of alkyl halides is 1. The number of hydrogen-bond acceptors (Lipinski definition) is 3. The Balaban J connectivity index is 0.000000243. The van der Waals surface area contributed by atoms with Gasteiger partial charge in [0.2, 0.25) is 0 Å². The van der Waals surface area contributed by atoms with E-state index in [9.17, 15) is 9.59 Å². The standard InChI is InChI=1S/C10H11IO2.C9H10O2/c11-8-13-10(12)7-6-9-4-2-1-3-5-9;10-9(11)7-6-8-4-2-1-3-5-8/h1-5H,6-8H2;1-5H,6-7H2,(H,10,11). The summed E-state index contributed by atoms with van der Waals surface area (Å²) in [7, 11) is 0. The van der Waals surface area contributed by atoms with E-state index < -0.39 is 5.97 Å². The molecule has 0 bridgehead atoms. The van der Waals surface area contributed by atoms with Crippen LogP contribution in [-0.4, -0.2) is 21.7 Å². The number of aryl methyl sites for hydroxylation is 2. The van der Waals surface area contributed by atoms with Crippen LogP contribution in [-0.2, 0) is 27.2 Å². The summed E-state index contributed by atoms with van der Waals surface area (Å²) < 4.78 is 5.25. The maximum Gasteiger partial charge on any atom is 0.306 e. The topological polar surface area (TPSA) is 63.6 Å². The number of ether oxygens (including phenoxy) is 1. The summed E-state index contributed by atoms with van der Waals surface area (Å²) in [5, 5.41) is 8.37. The molecule has 0 saturated carbocycles. The Labute approximate surface area is 156 Å². The predicted molar refractivity (Wildman–Crippen MR) is 102 cm³/mol. The molecule has 5 heteroatoms. The number of esters is 1. The lowest BCUT2D eigenvalue weighted by molar-refractivity contribution is -0.141. The number of carbonyl (C=O) groups is 2. The van der Waals surface area contributed by atoms with Crippen LogP contribution in [0.2, 0.25) is 0 Å². The predicted octanol–water partition coefficient (Wildman–Crippen LogP) is 4.26. The van der Waals surface area contributed by atoms with Crippen LogP contribution in [0.25, 0.3) is 0 Å². The summed E-state index contributed by atoms with van der Waals surface area (Å²) in [6, 6.07) is 19.5. The Kier molecular flexibility index (Phi) is 10.5. The van der Waals surface area contributed by atoms with E-state index in [2.05, 4.69) is 0 Å². The van der Waals surface area contributed by atoms with Crippen molar-refractivity contribution in [2.45, 2.75) is 25.7 Å². The number of rotatable bonds is 7. The quantitative estimate of drug-likeness (QED) is 0.397. The van der Waals surface area contributed by atoms with Crippen LogP contribution in [0, 0.1) is 0 Å². The molecule has 0 heterocycles. The lowest BCUT2D eigenvalue weighted by Crippen LogP contribution is -2.03. The smallest absolute Gasteiger partial charge is 0.306 e. The van der Waals surface area contributed by atoms with E-state index in [-0.39, 0.29) is 12.4 Å². The molecule has 128 valence electrons. The fourth-order valence-electron chi connectivity index (χ4n) is 1.92. The van der Waals surface area contributed by atoms with Gasteiger partial charge in [0.05, 0.1) is 0 Å². The van der Waals surface area contributed by atoms with Crippen molar-refractivity contribution in [3.63, 3.8) is 0 Å². The van der Waals surface area contributed by atoms with Crippen LogP contribution in [0.15, 0.2) is 60.7 Å². The SMILES string of the molecule is O=C(CCc1ccccc1)OCI.O=C(O)CCc1ccccc1. The molecule has 0 unspecified atom stereocenters. The van der Waals surface area contributed by atoms with Crippen molar-refractivity contribution in [2.24, 2.45) is 0 Å². The molecule has 0 radical (unpaired) electrons. The van der Waals surface area contributed by atoms with Crippen LogP contribution < -0.4 is 0 Å². The Morgan fingerprint density at radius 1 is 0.833 bits per heavy atom. The first kappa shape index (κ1) is 20.2. The summed E-state index contributed by atoms with van der Waals surface area (Å²) in [6.07, 6.45) is 2.06. The molecule has 0 spiro atoms. The first-order valence-corrected chi connectivity index (χ1v) is 9.15. The van der Waals surface area contributed by atoms with Crippen molar-refractivity contribution < 1.29 is 19.4 Å². The van der Waals surface area contributed by atoms with Crippen molar-refractivity contribution in [2.75, 3.05) is 4.61 Å². The van der Waals surface area contributed by atoms with Crippen molar-refractivity contribution in [1.82, 2.24) is 0 Å². The number of benzene rings is 2. The molecule has 0 atom stereocenters. The van der Waals surface area contributed by atoms with Gasteiger partial charge >= 0.3 is 11.9 Å². The average molecular weight is 440 g/mol. The molecule has 4 nitrogen and oxygen atoms in total. The summed E-state index contributed by atoms with van der Waals surface area (Å²) in [5.41, 5.74) is 2.25. The molecule has 2 rings (SSSR count). The van der Waals surface area contributed by atoms with Gasteiger partial charge in [0.15, 0.2) is 0 Å². The highest BCUT2D eigenvalue weighted by Gasteiger charge is 2.01. The molecule has 2 aromatic carbocycles. The second kappa shape index (κ2) is 12.5. The van der Waals surface area contributed by atoms with E-state index >= 15 is 0 Å². The first-order chi connectivity index (χ1) is 11.6. The van der Waals surface area contributed by atoms with Gasteiger partial charge in [-0.15, -0.1) is 0 Å². The summed E-state index contributed by atoms with van der Waals surface area (Å²) in [4.78, 5) is 21.2. The zero-order valence-corrected chi connectivity index (χ0v) is 15.5. The van der Waals surface area contributed by atoms with Crippen molar-refractivity contribution >= 4 is 34.5 Å². The number of carbonyl (C=O) groups excluding carboxylic acids is 1. The van der Waals surface area contributed by atoms with E-state index in [0.29, 0.717) is 17.5 Å². The lowest BCUT2D eigenvalue weighted by atomic mass is 10.1. The Morgan fingerprint density at radius 3 is 1.71 bits per heavy atom. The van der Waals surface area contributed by atoms with Gasteiger partial charge < -0.3 is 9.84 Å². The number of carboxylic acid groups (broad SMARTS) is 1. The van der Waals surface area contributed by atoms with Crippen molar-refractivity contribution in [1.29, 1.82) is 0 Å². The Hall–Kier alpha value is -1.89. The zero-order valence-electron chi connectivity index (χ0n) is 13.4. The first-order valence-electron chi connectivity index (χ1n) is 7.63. The Bertz CT molecular complexity index is 599. The highest BCUT2D eigenvalue weighted by atomic mass is 127. The van der Waals surface area contributed by atoms with Gasteiger partial charge in [0, 0.05) is 12.8 Å². The molecule has 2 aromatic rings. The summed E-state index contributed by atoms with van der Waals surface area (Å²) in [6.45, 7) is 0. The molecule has 0 aliphatic carbocycles. The molecule has 0 fully saturated rings. The van der Waals surface area contributed by atoms with Gasteiger partial charge in [-0.2, -0.15) is 0 Å². The minimum atomic E-state index is -0.742. The third-order valence-electron chi connectivity index (χ3n) is 3.15. The molecule has 0 amide bonds. The number of halogens is 1. The molecular formula is C19H21IO4. The highest BCUT2D eigenvalue weighted by Crippen LogP contribution is 2.03. The molecular weight excluding hydrogens is 419 g/mol. The second-order valence-electron chi connectivity index (χ2n) is 4.99. The van der Waals surface area contributed by atoms with E-state index in [1.54, 1.807) is 0 Å². The van der Waals surface area contributed by atoms with E-state index in [0.717, 1.165) is 12.0 Å². The summed E-state index contributed by atoms with van der Waals surface area (Å²) in [5.74, 6) is -0.868. The largest absolute Gasteiger partial charge is 0.481 e. The maximum absolute atomic E-state index is 11.0. The van der Waals surface area contributed by atoms with Gasteiger partial charge in [0.1, 0.15) is 4.61 Å². The average Bonchev–Trinajstić information content (AvgIpc) is 2.61. The third-order valence-corrected chi connectivity index (χ3v) is 3.46. The van der Waals surface area contributed by atoms with Gasteiger partial charge in [-0.25, -0.2) is 0 Å². The van der Waals surface area contributed by atoms with E-state index in [1.807, 2.05) is 83.3 Å². The Morgan fingerprint density at radius 2 is 1.29 bits per heavy atom. The molecule has 0 saturated heterocycles. The fourth-order valence-corrected chi connectivity index (χ4v) is 2.27. The van der Waals surface area contributed by atoms with Crippen LogP contribution in [0.4, 0.5) is 0 Å². The minimum Gasteiger partial charge on any atom is -0.481 e. The van der Waals surface area contributed by atoms with Crippen LogP contribution >= 0.6 is 22.6 Å². The van der Waals surface area contributed by atoms with Crippen molar-refractivity contribution in [3.8, 4) is 0 Å². The van der Waals surface area contributed by atoms with Gasteiger partial charge in [-0.3, -0.25) is 9.59 Å². The minimum absolute atomic E-state index is 0.127. The maximum atomic E-state index is 11.0. The van der Waals surface area contributed by atoms with Crippen LogP contribution in [0.1, 0.15) is 24.0 Å². The van der Waals surface area contributed by atoms with Crippen molar-refractivity contribution in [3.05, 3.63) is 71.8 Å². The number of aliphatic carboxylic acids is 1. The molecule has 0 aromatic heterocycles. The zero-order chi connectivity index (χ0) is 17.6. The van der Waals surface area contributed by atoms with Crippen LogP contribution in [0.3, 0.4) is 0 Å². The number of carboxylic acids is 1. The van der Waals surface area contributed by atoms with Crippen LogP contribution in [0.5, 0.6) is 0 Å². The molecule has 0 aliphatic rings. The van der Waals surface area contributed by atoms with Gasteiger partial charge in [0.25, 0.3) is 0 Å². The highest BCUT2D eigenvalue weighted by molar-refractivity contribution is 14.1. The molecule has 0 aliphatic heterocycles. The van der Waals surface area contributed by atoms with E-state index in [4.69, 9.17) is 9.84 Å².